The van der Waals surface area contributed by atoms with E-state index in [9.17, 15) is 0 Å². The minimum Gasteiger partial charge on any atom is -0.494 e. The molecule has 0 fully saturated rings. The van der Waals surface area contributed by atoms with Gasteiger partial charge in [0.2, 0.25) is 5.95 Å². The number of anilines is 1. The maximum Gasteiger partial charge on any atom is 0.223 e. The second-order valence-corrected chi connectivity index (χ2v) is 4.10. The minimum atomic E-state index is 0.591. The van der Waals surface area contributed by atoms with Crippen LogP contribution < -0.4 is 10.1 Å². The van der Waals surface area contributed by atoms with Crippen molar-refractivity contribution >= 4 is 17.3 Å². The molecule has 2 rings (SSSR count). The van der Waals surface area contributed by atoms with Crippen LogP contribution in [0.15, 0.2) is 17.9 Å². The van der Waals surface area contributed by atoms with Gasteiger partial charge in [0, 0.05) is 4.88 Å². The van der Waals surface area contributed by atoms with Gasteiger partial charge in [0.25, 0.3) is 0 Å². The lowest BCUT2D eigenvalue weighted by molar-refractivity contribution is 0.411. The third kappa shape index (κ3) is 2.46. The molecule has 2 heterocycles. The van der Waals surface area contributed by atoms with E-state index in [2.05, 4.69) is 20.3 Å². The van der Waals surface area contributed by atoms with Crippen molar-refractivity contribution in [2.75, 3.05) is 12.4 Å². The summed E-state index contributed by atoms with van der Waals surface area (Å²) >= 11 is 1.62. The average Bonchev–Trinajstić information content (AvgIpc) is 2.73. The Kier molecular flexibility index (Phi) is 3.31. The summed E-state index contributed by atoms with van der Waals surface area (Å²) in [6, 6.07) is 0. The van der Waals surface area contributed by atoms with Crippen molar-refractivity contribution in [3.63, 3.8) is 0 Å². The van der Waals surface area contributed by atoms with E-state index in [1.54, 1.807) is 30.8 Å². The highest BCUT2D eigenvalue weighted by atomic mass is 32.1. The molecule has 2 aromatic heterocycles. The first-order valence-corrected chi connectivity index (χ1v) is 5.66. The van der Waals surface area contributed by atoms with Gasteiger partial charge in [-0.3, -0.25) is 0 Å². The van der Waals surface area contributed by atoms with Crippen molar-refractivity contribution in [1.82, 2.24) is 15.0 Å². The molecule has 16 heavy (non-hydrogen) atoms. The van der Waals surface area contributed by atoms with Crippen LogP contribution in [0.2, 0.25) is 0 Å². The first-order chi connectivity index (χ1) is 7.79. The molecule has 0 saturated carbocycles. The number of nitrogens with zero attached hydrogens (tertiary/aromatic N) is 3. The monoisotopic (exact) mass is 236 g/mol. The van der Waals surface area contributed by atoms with Gasteiger partial charge in [0.05, 0.1) is 37.3 Å². The van der Waals surface area contributed by atoms with Gasteiger partial charge in [-0.1, -0.05) is 0 Å². The predicted molar refractivity (Wildman–Crippen MR) is 62.8 cm³/mol. The molecule has 0 saturated heterocycles. The maximum absolute atomic E-state index is 4.98. The number of nitrogens with one attached hydrogen (secondary N) is 1. The number of hydrogen-bond acceptors (Lipinski definition) is 6. The number of ether oxygens (including phenoxy) is 1. The molecule has 0 radical (unpaired) electrons. The molecular formula is C10H12N4OS. The summed E-state index contributed by atoms with van der Waals surface area (Å²) in [7, 11) is 1.59. The Bertz CT molecular complexity index is 454. The summed E-state index contributed by atoms with van der Waals surface area (Å²) in [5, 5.41) is 3.13. The van der Waals surface area contributed by atoms with Gasteiger partial charge in [-0.2, -0.15) is 0 Å². The summed E-state index contributed by atoms with van der Waals surface area (Å²) in [5.74, 6) is 1.24. The van der Waals surface area contributed by atoms with Crippen LogP contribution in [0.4, 0.5) is 5.95 Å². The number of aryl methyl sites for hydroxylation is 1. The van der Waals surface area contributed by atoms with E-state index in [-0.39, 0.29) is 0 Å². The Morgan fingerprint density at radius 1 is 1.31 bits per heavy atom. The molecule has 84 valence electrons. The number of methoxy groups -OCH3 is 1. The highest BCUT2D eigenvalue weighted by Gasteiger charge is 2.02. The van der Waals surface area contributed by atoms with Gasteiger partial charge in [-0.25, -0.2) is 15.0 Å². The van der Waals surface area contributed by atoms with E-state index < -0.39 is 0 Å². The fourth-order valence-corrected chi connectivity index (χ4v) is 1.88. The van der Waals surface area contributed by atoms with Crippen molar-refractivity contribution in [1.29, 1.82) is 0 Å². The molecule has 0 atom stereocenters. The smallest absolute Gasteiger partial charge is 0.223 e. The molecule has 6 heteroatoms. The molecule has 0 bridgehead atoms. The van der Waals surface area contributed by atoms with E-state index in [4.69, 9.17) is 4.74 Å². The van der Waals surface area contributed by atoms with E-state index in [0.717, 1.165) is 5.69 Å². The first kappa shape index (κ1) is 10.8. The summed E-state index contributed by atoms with van der Waals surface area (Å²) in [6.07, 6.45) is 3.27. The highest BCUT2D eigenvalue weighted by molar-refractivity contribution is 7.09. The minimum absolute atomic E-state index is 0.591. The molecule has 0 unspecified atom stereocenters. The molecule has 0 aromatic carbocycles. The van der Waals surface area contributed by atoms with Gasteiger partial charge in [0.15, 0.2) is 5.75 Å². The predicted octanol–water partition coefficient (Wildman–Crippen LogP) is 1.86. The lowest BCUT2D eigenvalue weighted by Gasteiger charge is -2.04. The third-order valence-electron chi connectivity index (χ3n) is 2.12. The van der Waals surface area contributed by atoms with Crippen LogP contribution in [-0.2, 0) is 6.54 Å². The summed E-state index contributed by atoms with van der Waals surface area (Å²) in [6.45, 7) is 2.69. The van der Waals surface area contributed by atoms with Crippen molar-refractivity contribution in [3.05, 3.63) is 28.5 Å². The zero-order valence-electron chi connectivity index (χ0n) is 9.10. The average molecular weight is 236 g/mol. The summed E-state index contributed by atoms with van der Waals surface area (Å²) in [5.41, 5.74) is 2.88. The fourth-order valence-electron chi connectivity index (χ4n) is 1.17. The van der Waals surface area contributed by atoms with Crippen molar-refractivity contribution < 1.29 is 4.74 Å². The molecule has 2 aromatic rings. The largest absolute Gasteiger partial charge is 0.494 e. The Hall–Kier alpha value is -1.69. The van der Waals surface area contributed by atoms with Crippen LogP contribution in [-0.4, -0.2) is 22.1 Å². The SMILES string of the molecule is COc1cnc(NCc2scnc2C)nc1. The van der Waals surface area contributed by atoms with Gasteiger partial charge in [-0.05, 0) is 6.92 Å². The summed E-state index contributed by atoms with van der Waals surface area (Å²) in [4.78, 5) is 13.6. The van der Waals surface area contributed by atoms with E-state index in [1.807, 2.05) is 12.4 Å². The lowest BCUT2D eigenvalue weighted by Crippen LogP contribution is -2.03. The molecule has 5 nitrogen and oxygen atoms in total. The van der Waals surface area contributed by atoms with Gasteiger partial charge >= 0.3 is 0 Å². The number of aromatic nitrogens is 3. The van der Waals surface area contributed by atoms with E-state index in [1.165, 1.54) is 4.88 Å². The van der Waals surface area contributed by atoms with Crippen LogP contribution >= 0.6 is 11.3 Å². The molecule has 0 aliphatic carbocycles. The van der Waals surface area contributed by atoms with E-state index in [0.29, 0.717) is 18.2 Å². The molecule has 0 amide bonds. The zero-order chi connectivity index (χ0) is 11.4. The van der Waals surface area contributed by atoms with Crippen molar-refractivity contribution in [3.8, 4) is 5.75 Å². The van der Waals surface area contributed by atoms with Crippen molar-refractivity contribution in [2.24, 2.45) is 0 Å². The molecule has 0 aliphatic heterocycles. The quantitative estimate of drug-likeness (QED) is 0.878. The Morgan fingerprint density at radius 3 is 2.62 bits per heavy atom. The van der Waals surface area contributed by atoms with Crippen LogP contribution in [0.5, 0.6) is 5.75 Å². The van der Waals surface area contributed by atoms with Crippen LogP contribution in [0, 0.1) is 6.92 Å². The van der Waals surface area contributed by atoms with Gasteiger partial charge in [0.1, 0.15) is 0 Å². The molecule has 0 spiro atoms. The molecular weight excluding hydrogens is 224 g/mol. The first-order valence-electron chi connectivity index (χ1n) is 4.78. The number of rotatable bonds is 4. The second kappa shape index (κ2) is 4.89. The third-order valence-corrected chi connectivity index (χ3v) is 3.05. The van der Waals surface area contributed by atoms with Crippen LogP contribution in [0.1, 0.15) is 10.6 Å². The normalized spacial score (nSPS) is 10.1. The summed E-state index contributed by atoms with van der Waals surface area (Å²) < 4.78 is 4.98. The number of thiazole rings is 1. The van der Waals surface area contributed by atoms with Gasteiger partial charge in [-0.15, -0.1) is 11.3 Å². The Morgan fingerprint density at radius 2 is 2.06 bits per heavy atom. The van der Waals surface area contributed by atoms with Gasteiger partial charge < -0.3 is 10.1 Å². The number of hydrogen-bond donors (Lipinski definition) is 1. The molecule has 0 aliphatic rings. The van der Waals surface area contributed by atoms with Crippen LogP contribution in [0.25, 0.3) is 0 Å². The van der Waals surface area contributed by atoms with E-state index >= 15 is 0 Å². The maximum atomic E-state index is 4.98. The highest BCUT2D eigenvalue weighted by Crippen LogP contribution is 2.14. The molecule has 1 N–H and O–H groups in total. The lowest BCUT2D eigenvalue weighted by atomic mass is 10.4. The zero-order valence-corrected chi connectivity index (χ0v) is 9.91. The topological polar surface area (TPSA) is 59.9 Å². The standard InChI is InChI=1S/C10H12N4OS/c1-7-9(16-6-14-7)5-13-10-11-3-8(15-2)4-12-10/h3-4,6H,5H2,1-2H3,(H,11,12,13). The fraction of sp³-hybridized carbons (Fsp3) is 0.300. The van der Waals surface area contributed by atoms with Crippen molar-refractivity contribution in [2.45, 2.75) is 13.5 Å². The van der Waals surface area contributed by atoms with Crippen LogP contribution in [0.3, 0.4) is 0 Å². The second-order valence-electron chi connectivity index (χ2n) is 3.16. The Balaban J connectivity index is 1.97. The Labute approximate surface area is 97.5 Å².